The summed E-state index contributed by atoms with van der Waals surface area (Å²) in [7, 11) is 1.23. The third kappa shape index (κ3) is 5.56. The SMILES string of the molecule is COC(=O)[C@H](CNC(C)=O)NC(=O)CNCc1cccc2ccccc12. The summed E-state index contributed by atoms with van der Waals surface area (Å²) < 4.78 is 4.64. The van der Waals surface area contributed by atoms with Gasteiger partial charge in [0.15, 0.2) is 0 Å². The molecule has 2 aromatic carbocycles. The number of hydrogen-bond donors (Lipinski definition) is 3. The highest BCUT2D eigenvalue weighted by atomic mass is 16.5. The van der Waals surface area contributed by atoms with Gasteiger partial charge in [0.1, 0.15) is 6.04 Å². The zero-order valence-corrected chi connectivity index (χ0v) is 14.9. The molecule has 0 spiro atoms. The van der Waals surface area contributed by atoms with Gasteiger partial charge in [0.05, 0.1) is 13.7 Å². The first-order valence-corrected chi connectivity index (χ1v) is 8.30. The second-order valence-electron chi connectivity index (χ2n) is 5.82. The van der Waals surface area contributed by atoms with Crippen LogP contribution in [0.2, 0.25) is 0 Å². The quantitative estimate of drug-likeness (QED) is 0.605. The van der Waals surface area contributed by atoms with Crippen molar-refractivity contribution >= 4 is 28.6 Å². The van der Waals surface area contributed by atoms with Crippen molar-refractivity contribution < 1.29 is 19.1 Å². The molecule has 0 unspecified atom stereocenters. The molecule has 0 aliphatic carbocycles. The molecule has 1 atom stereocenters. The monoisotopic (exact) mass is 357 g/mol. The van der Waals surface area contributed by atoms with Gasteiger partial charge in [0.2, 0.25) is 11.8 Å². The van der Waals surface area contributed by atoms with Crippen LogP contribution in [0.25, 0.3) is 10.8 Å². The fourth-order valence-corrected chi connectivity index (χ4v) is 2.58. The number of ether oxygens (including phenoxy) is 1. The largest absolute Gasteiger partial charge is 0.467 e. The van der Waals surface area contributed by atoms with E-state index in [4.69, 9.17) is 0 Å². The van der Waals surface area contributed by atoms with Crippen LogP contribution in [0.1, 0.15) is 12.5 Å². The van der Waals surface area contributed by atoms with Gasteiger partial charge in [-0.15, -0.1) is 0 Å². The number of esters is 1. The van der Waals surface area contributed by atoms with Crippen molar-refractivity contribution in [1.82, 2.24) is 16.0 Å². The Balaban J connectivity index is 1.88. The molecule has 2 rings (SSSR count). The van der Waals surface area contributed by atoms with Gasteiger partial charge in [-0.25, -0.2) is 4.79 Å². The fourth-order valence-electron chi connectivity index (χ4n) is 2.58. The lowest BCUT2D eigenvalue weighted by atomic mass is 10.0. The molecule has 2 amide bonds. The minimum absolute atomic E-state index is 0.0168. The fraction of sp³-hybridized carbons (Fsp3) is 0.316. The summed E-state index contributed by atoms with van der Waals surface area (Å²) in [6.07, 6.45) is 0. The molecule has 0 aliphatic heterocycles. The zero-order valence-electron chi connectivity index (χ0n) is 14.9. The number of nitrogens with one attached hydrogen (secondary N) is 3. The van der Waals surface area contributed by atoms with Gasteiger partial charge in [-0.1, -0.05) is 42.5 Å². The Morgan fingerprint density at radius 1 is 1.08 bits per heavy atom. The van der Waals surface area contributed by atoms with Crippen LogP contribution in [0.5, 0.6) is 0 Å². The van der Waals surface area contributed by atoms with E-state index in [1.165, 1.54) is 14.0 Å². The Hall–Kier alpha value is -2.93. The van der Waals surface area contributed by atoms with Gasteiger partial charge in [-0.2, -0.15) is 0 Å². The molecule has 7 nitrogen and oxygen atoms in total. The van der Waals surface area contributed by atoms with E-state index in [1.54, 1.807) is 0 Å². The lowest BCUT2D eigenvalue weighted by Gasteiger charge is -2.17. The van der Waals surface area contributed by atoms with Crippen molar-refractivity contribution in [3.63, 3.8) is 0 Å². The van der Waals surface area contributed by atoms with Crippen LogP contribution < -0.4 is 16.0 Å². The third-order valence-corrected chi connectivity index (χ3v) is 3.86. The summed E-state index contributed by atoms with van der Waals surface area (Å²) in [6.45, 7) is 1.87. The summed E-state index contributed by atoms with van der Waals surface area (Å²) in [5.74, 6) is -1.26. The summed E-state index contributed by atoms with van der Waals surface area (Å²) in [5.41, 5.74) is 1.08. The van der Waals surface area contributed by atoms with Crippen LogP contribution >= 0.6 is 0 Å². The van der Waals surface area contributed by atoms with Crippen molar-refractivity contribution in [3.8, 4) is 0 Å². The Labute approximate surface area is 152 Å². The first kappa shape index (κ1) is 19.4. The van der Waals surface area contributed by atoms with Crippen molar-refractivity contribution in [1.29, 1.82) is 0 Å². The molecule has 26 heavy (non-hydrogen) atoms. The van der Waals surface area contributed by atoms with Crippen molar-refractivity contribution in [3.05, 3.63) is 48.0 Å². The number of carbonyl (C=O) groups excluding carboxylic acids is 3. The smallest absolute Gasteiger partial charge is 0.330 e. The zero-order chi connectivity index (χ0) is 18.9. The Kier molecular flexibility index (Phi) is 7.11. The van der Waals surface area contributed by atoms with E-state index >= 15 is 0 Å². The van der Waals surface area contributed by atoms with Gasteiger partial charge in [-0.05, 0) is 16.3 Å². The second-order valence-corrected chi connectivity index (χ2v) is 5.82. The van der Waals surface area contributed by atoms with Crippen LogP contribution in [0.4, 0.5) is 0 Å². The average molecular weight is 357 g/mol. The molecular weight excluding hydrogens is 334 g/mol. The Morgan fingerprint density at radius 3 is 2.54 bits per heavy atom. The first-order chi connectivity index (χ1) is 12.5. The van der Waals surface area contributed by atoms with Crippen LogP contribution in [0, 0.1) is 0 Å². The predicted octanol–water partition coefficient (Wildman–Crippen LogP) is 0.723. The summed E-state index contributed by atoms with van der Waals surface area (Å²) in [4.78, 5) is 34.8. The molecular formula is C19H23N3O4. The average Bonchev–Trinajstić information content (AvgIpc) is 2.64. The van der Waals surface area contributed by atoms with E-state index in [-0.39, 0.29) is 24.9 Å². The minimum atomic E-state index is -0.921. The number of benzene rings is 2. The molecule has 0 radical (unpaired) electrons. The summed E-state index contributed by atoms with van der Waals surface area (Å²) >= 11 is 0. The molecule has 0 bridgehead atoms. The standard InChI is InChI=1S/C19H23N3O4/c1-13(23)21-11-17(19(25)26-2)22-18(24)12-20-10-15-8-5-7-14-6-3-4-9-16(14)15/h3-9,17,20H,10-12H2,1-2H3,(H,21,23)(H,22,24)/t17-/m0/s1. The second kappa shape index (κ2) is 9.53. The van der Waals surface area contributed by atoms with E-state index in [2.05, 4.69) is 20.7 Å². The highest BCUT2D eigenvalue weighted by molar-refractivity contribution is 5.87. The Bertz CT molecular complexity index is 786. The van der Waals surface area contributed by atoms with Gasteiger partial charge < -0.3 is 20.7 Å². The maximum Gasteiger partial charge on any atom is 0.330 e. The van der Waals surface area contributed by atoms with Gasteiger partial charge in [0, 0.05) is 20.0 Å². The predicted molar refractivity (Wildman–Crippen MR) is 98.3 cm³/mol. The minimum Gasteiger partial charge on any atom is -0.467 e. The summed E-state index contributed by atoms with van der Waals surface area (Å²) in [5, 5.41) is 10.4. The molecule has 3 N–H and O–H groups in total. The number of methoxy groups -OCH3 is 1. The topological polar surface area (TPSA) is 96.5 Å². The molecule has 0 aliphatic rings. The van der Waals surface area contributed by atoms with E-state index in [1.807, 2.05) is 42.5 Å². The highest BCUT2D eigenvalue weighted by Crippen LogP contribution is 2.17. The number of fused-ring (bicyclic) bond motifs is 1. The van der Waals surface area contributed by atoms with Crippen molar-refractivity contribution in [2.45, 2.75) is 19.5 Å². The summed E-state index contributed by atoms with van der Waals surface area (Å²) in [6, 6.07) is 13.1. The van der Waals surface area contributed by atoms with Crippen LogP contribution in [0.15, 0.2) is 42.5 Å². The highest BCUT2D eigenvalue weighted by Gasteiger charge is 2.21. The molecule has 0 saturated heterocycles. The van der Waals surface area contributed by atoms with E-state index in [9.17, 15) is 14.4 Å². The number of carbonyl (C=O) groups is 3. The molecule has 0 fully saturated rings. The Morgan fingerprint density at radius 2 is 1.81 bits per heavy atom. The van der Waals surface area contributed by atoms with Crippen molar-refractivity contribution in [2.75, 3.05) is 20.2 Å². The lowest BCUT2D eigenvalue weighted by Crippen LogP contribution is -2.50. The molecule has 0 heterocycles. The molecule has 7 heteroatoms. The van der Waals surface area contributed by atoms with E-state index in [0.717, 1.165) is 16.3 Å². The molecule has 0 aromatic heterocycles. The molecule has 2 aromatic rings. The molecule has 138 valence electrons. The van der Waals surface area contributed by atoms with Gasteiger partial charge in [-0.3, -0.25) is 9.59 Å². The van der Waals surface area contributed by atoms with Crippen LogP contribution in [0.3, 0.4) is 0 Å². The molecule has 0 saturated carbocycles. The maximum atomic E-state index is 12.1. The number of hydrogen-bond acceptors (Lipinski definition) is 5. The van der Waals surface area contributed by atoms with Crippen molar-refractivity contribution in [2.24, 2.45) is 0 Å². The van der Waals surface area contributed by atoms with E-state index in [0.29, 0.717) is 6.54 Å². The van der Waals surface area contributed by atoms with Crippen LogP contribution in [-0.2, 0) is 25.7 Å². The number of rotatable bonds is 8. The lowest BCUT2D eigenvalue weighted by molar-refractivity contribution is -0.144. The van der Waals surface area contributed by atoms with E-state index < -0.39 is 12.0 Å². The normalized spacial score (nSPS) is 11.6. The first-order valence-electron chi connectivity index (χ1n) is 8.30. The van der Waals surface area contributed by atoms with Crippen LogP contribution in [-0.4, -0.2) is 44.0 Å². The number of amides is 2. The van der Waals surface area contributed by atoms with Gasteiger partial charge >= 0.3 is 5.97 Å². The third-order valence-electron chi connectivity index (χ3n) is 3.86. The maximum absolute atomic E-state index is 12.1. The van der Waals surface area contributed by atoms with Gasteiger partial charge in [0.25, 0.3) is 0 Å².